The molecule has 0 aliphatic carbocycles. The van der Waals surface area contributed by atoms with Crippen molar-refractivity contribution in [2.24, 2.45) is 0 Å². The summed E-state index contributed by atoms with van der Waals surface area (Å²) in [6.07, 6.45) is 0. The number of non-ortho nitro benzene ring substituents is 1. The predicted octanol–water partition coefficient (Wildman–Crippen LogP) is 3.36. The van der Waals surface area contributed by atoms with E-state index in [-0.39, 0.29) is 35.4 Å². The molecule has 0 aliphatic heterocycles. The number of hydrogen-bond donors (Lipinski definition) is 2. The number of aromatic amines is 2. The summed E-state index contributed by atoms with van der Waals surface area (Å²) >= 11 is 0. The fraction of sp³-hybridized carbons (Fsp3) is 0.190. The zero-order valence-electron chi connectivity index (χ0n) is 16.4. The zero-order chi connectivity index (χ0) is 21.4. The molecule has 2 aromatic carbocycles. The molecule has 0 aliphatic rings. The van der Waals surface area contributed by atoms with E-state index in [1.54, 1.807) is 47.4 Å². The van der Waals surface area contributed by atoms with Gasteiger partial charge in [0.25, 0.3) is 17.2 Å². The van der Waals surface area contributed by atoms with Gasteiger partial charge in [-0.25, -0.2) is 4.98 Å². The van der Waals surface area contributed by atoms with E-state index in [9.17, 15) is 19.7 Å². The van der Waals surface area contributed by atoms with Gasteiger partial charge in [-0.05, 0) is 32.0 Å². The Balaban J connectivity index is 1.71. The third-order valence-electron chi connectivity index (χ3n) is 4.93. The number of aromatic nitrogens is 3. The van der Waals surface area contributed by atoms with Crippen LogP contribution in [0, 0.1) is 10.1 Å². The fourth-order valence-corrected chi connectivity index (χ4v) is 3.42. The Kier molecular flexibility index (Phi) is 4.78. The van der Waals surface area contributed by atoms with Gasteiger partial charge in [0, 0.05) is 17.5 Å². The molecule has 2 aromatic heterocycles. The number of nitro groups is 1. The van der Waals surface area contributed by atoms with Crippen molar-refractivity contribution in [3.63, 3.8) is 0 Å². The van der Waals surface area contributed by atoms with Crippen LogP contribution in [0.2, 0.25) is 0 Å². The van der Waals surface area contributed by atoms with Crippen LogP contribution in [0.3, 0.4) is 0 Å². The van der Waals surface area contributed by atoms with E-state index in [1.807, 2.05) is 13.8 Å². The van der Waals surface area contributed by atoms with E-state index in [0.717, 1.165) is 0 Å². The molecule has 4 aromatic rings. The molecule has 0 unspecified atom stereocenters. The average molecular weight is 405 g/mol. The van der Waals surface area contributed by atoms with E-state index in [4.69, 9.17) is 0 Å². The fourth-order valence-electron chi connectivity index (χ4n) is 3.42. The highest BCUT2D eigenvalue weighted by Gasteiger charge is 2.24. The van der Waals surface area contributed by atoms with Crippen LogP contribution >= 0.6 is 0 Å². The number of nitrogens with one attached hydrogen (secondary N) is 2. The minimum Gasteiger partial charge on any atom is -0.345 e. The van der Waals surface area contributed by atoms with Crippen molar-refractivity contribution in [1.29, 1.82) is 0 Å². The lowest BCUT2D eigenvalue weighted by Crippen LogP contribution is -2.37. The topological polar surface area (TPSA) is 125 Å². The van der Waals surface area contributed by atoms with Crippen molar-refractivity contribution >= 4 is 33.4 Å². The van der Waals surface area contributed by atoms with Crippen LogP contribution < -0.4 is 5.56 Å². The number of H-pyrrole nitrogens is 2. The van der Waals surface area contributed by atoms with Gasteiger partial charge in [0.1, 0.15) is 17.0 Å². The smallest absolute Gasteiger partial charge is 0.293 e. The highest BCUT2D eigenvalue weighted by atomic mass is 16.6. The van der Waals surface area contributed by atoms with Gasteiger partial charge in [0.05, 0.1) is 22.4 Å². The van der Waals surface area contributed by atoms with Gasteiger partial charge in [-0.3, -0.25) is 19.7 Å². The minimum atomic E-state index is -0.489. The number of fused-ring (bicyclic) bond motifs is 2. The summed E-state index contributed by atoms with van der Waals surface area (Å²) in [7, 11) is 0. The third-order valence-corrected chi connectivity index (χ3v) is 4.93. The van der Waals surface area contributed by atoms with Gasteiger partial charge >= 0.3 is 0 Å². The molecule has 2 heterocycles. The molecule has 2 N–H and O–H groups in total. The molecule has 4 rings (SSSR count). The van der Waals surface area contributed by atoms with Crippen LogP contribution in [0.25, 0.3) is 21.8 Å². The molecule has 0 fully saturated rings. The summed E-state index contributed by atoms with van der Waals surface area (Å²) < 4.78 is 0. The Bertz CT molecular complexity index is 1340. The zero-order valence-corrected chi connectivity index (χ0v) is 16.4. The Morgan fingerprint density at radius 1 is 1.17 bits per heavy atom. The van der Waals surface area contributed by atoms with Crippen LogP contribution in [0.1, 0.15) is 30.2 Å². The number of rotatable bonds is 5. The van der Waals surface area contributed by atoms with Gasteiger partial charge in [0.2, 0.25) is 0 Å². The molecule has 0 bridgehead atoms. The second kappa shape index (κ2) is 7.43. The Morgan fingerprint density at radius 3 is 2.67 bits per heavy atom. The number of carbonyl (C=O) groups excluding carboxylic acids is 1. The van der Waals surface area contributed by atoms with Crippen LogP contribution in [0.4, 0.5) is 5.69 Å². The largest absolute Gasteiger partial charge is 0.345 e. The number of carbonyl (C=O) groups is 1. The Labute approximate surface area is 170 Å². The van der Waals surface area contributed by atoms with Gasteiger partial charge in [-0.2, -0.15) is 0 Å². The van der Waals surface area contributed by atoms with Crippen LogP contribution in [-0.2, 0) is 6.54 Å². The van der Waals surface area contributed by atoms with Gasteiger partial charge in [-0.15, -0.1) is 0 Å². The molecule has 9 nitrogen and oxygen atoms in total. The molecule has 152 valence electrons. The second-order valence-electron chi connectivity index (χ2n) is 7.24. The SMILES string of the molecule is CC(C)N(Cc1nc2ccccc2c(=O)[nH]1)C(=O)c1cc2cccc([N+](=O)[O-])c2[nH]1. The molecule has 9 heteroatoms. The quantitative estimate of drug-likeness (QED) is 0.389. The molecule has 0 spiro atoms. The van der Waals surface area contributed by atoms with E-state index in [1.165, 1.54) is 6.07 Å². The summed E-state index contributed by atoms with van der Waals surface area (Å²) in [6.45, 7) is 3.79. The van der Waals surface area contributed by atoms with Crippen molar-refractivity contribution in [2.45, 2.75) is 26.4 Å². The first-order valence-electron chi connectivity index (χ1n) is 9.40. The lowest BCUT2D eigenvalue weighted by Gasteiger charge is -2.25. The minimum absolute atomic E-state index is 0.0913. The van der Waals surface area contributed by atoms with Gasteiger partial charge in [0.15, 0.2) is 0 Å². The maximum absolute atomic E-state index is 13.2. The number of nitrogens with zero attached hydrogens (tertiary/aromatic N) is 3. The van der Waals surface area contributed by atoms with E-state index < -0.39 is 4.92 Å². The number of para-hydroxylation sites is 2. The van der Waals surface area contributed by atoms with Crippen LogP contribution in [0.5, 0.6) is 0 Å². The summed E-state index contributed by atoms with van der Waals surface area (Å²) in [5.74, 6) is 0.0224. The lowest BCUT2D eigenvalue weighted by molar-refractivity contribution is -0.383. The highest BCUT2D eigenvalue weighted by molar-refractivity contribution is 6.00. The summed E-state index contributed by atoms with van der Waals surface area (Å²) in [5.41, 5.74) is 0.715. The van der Waals surface area contributed by atoms with Crippen LogP contribution in [0.15, 0.2) is 53.3 Å². The highest BCUT2D eigenvalue weighted by Crippen LogP contribution is 2.26. The summed E-state index contributed by atoms with van der Waals surface area (Å²) in [4.78, 5) is 47.9. The predicted molar refractivity (Wildman–Crippen MR) is 112 cm³/mol. The van der Waals surface area contributed by atoms with E-state index >= 15 is 0 Å². The number of benzene rings is 2. The molecule has 0 saturated carbocycles. The molecule has 1 amide bonds. The first kappa shape index (κ1) is 19.3. The molecule has 30 heavy (non-hydrogen) atoms. The van der Waals surface area contributed by atoms with Gasteiger partial charge < -0.3 is 14.9 Å². The normalized spacial score (nSPS) is 11.3. The summed E-state index contributed by atoms with van der Waals surface area (Å²) in [5, 5.41) is 12.3. The molecule has 0 radical (unpaired) electrons. The lowest BCUT2D eigenvalue weighted by atomic mass is 10.2. The average Bonchev–Trinajstić information content (AvgIpc) is 3.15. The Hall–Kier alpha value is -4.01. The molecule has 0 atom stereocenters. The van der Waals surface area contributed by atoms with Crippen molar-refractivity contribution in [2.75, 3.05) is 0 Å². The summed E-state index contributed by atoms with van der Waals surface area (Å²) in [6, 6.07) is 13.0. The van der Waals surface area contributed by atoms with E-state index in [2.05, 4.69) is 15.0 Å². The first-order valence-corrected chi connectivity index (χ1v) is 9.40. The number of amides is 1. The standard InChI is InChI=1S/C21H19N5O4/c1-12(2)25(11-18-22-15-8-4-3-7-14(15)20(27)24-18)21(28)16-10-13-6-5-9-17(26(29)30)19(13)23-16/h3-10,12,23H,11H2,1-2H3,(H,22,24,27). The van der Waals surface area contributed by atoms with E-state index in [0.29, 0.717) is 27.6 Å². The maximum atomic E-state index is 13.2. The number of hydrogen-bond acceptors (Lipinski definition) is 5. The molecule has 0 saturated heterocycles. The van der Waals surface area contributed by atoms with Gasteiger partial charge in [-0.1, -0.05) is 24.3 Å². The molecular formula is C21H19N5O4. The van der Waals surface area contributed by atoms with Crippen molar-refractivity contribution in [3.8, 4) is 0 Å². The monoisotopic (exact) mass is 405 g/mol. The van der Waals surface area contributed by atoms with Crippen molar-refractivity contribution in [3.05, 3.63) is 80.5 Å². The van der Waals surface area contributed by atoms with Crippen LogP contribution in [-0.4, -0.2) is 36.7 Å². The number of nitro benzene ring substituents is 1. The van der Waals surface area contributed by atoms with Crippen molar-refractivity contribution in [1.82, 2.24) is 19.9 Å². The third kappa shape index (κ3) is 3.41. The Morgan fingerprint density at radius 2 is 1.93 bits per heavy atom. The second-order valence-corrected chi connectivity index (χ2v) is 7.24. The molecular weight excluding hydrogens is 386 g/mol. The van der Waals surface area contributed by atoms with Crippen molar-refractivity contribution < 1.29 is 9.72 Å². The first-order chi connectivity index (χ1) is 14.3. The maximum Gasteiger partial charge on any atom is 0.293 e.